The lowest BCUT2D eigenvalue weighted by atomic mass is 10.1. The number of halogens is 1. The Bertz CT molecular complexity index is 1060. The van der Waals surface area contributed by atoms with Gasteiger partial charge in [-0.1, -0.05) is 36.4 Å². The number of para-hydroxylation sites is 1. The molecule has 172 valence electrons. The molecule has 0 bridgehead atoms. The summed E-state index contributed by atoms with van der Waals surface area (Å²) in [6.07, 6.45) is 0. The van der Waals surface area contributed by atoms with Gasteiger partial charge in [0.15, 0.2) is 5.60 Å². The first-order valence-electron chi connectivity index (χ1n) is 11.3. The summed E-state index contributed by atoms with van der Waals surface area (Å²) in [5.41, 5.74) is 1.57. The summed E-state index contributed by atoms with van der Waals surface area (Å²) >= 11 is 0. The second-order valence-corrected chi connectivity index (χ2v) is 8.78. The van der Waals surface area contributed by atoms with Crippen molar-refractivity contribution in [2.45, 2.75) is 26.0 Å². The zero-order chi connectivity index (χ0) is 23.3. The van der Waals surface area contributed by atoms with Crippen molar-refractivity contribution in [3.05, 3.63) is 90.2 Å². The fourth-order valence-corrected chi connectivity index (χ4v) is 3.90. The summed E-state index contributed by atoms with van der Waals surface area (Å²) in [6.45, 7) is 7.63. The maximum Gasteiger partial charge on any atom is 0.267 e. The molecule has 1 heterocycles. The van der Waals surface area contributed by atoms with Crippen molar-refractivity contribution in [1.29, 1.82) is 0 Å². The lowest BCUT2D eigenvalue weighted by Crippen LogP contribution is -2.46. The molecule has 33 heavy (non-hydrogen) atoms. The van der Waals surface area contributed by atoms with Gasteiger partial charge >= 0.3 is 0 Å². The van der Waals surface area contributed by atoms with Crippen LogP contribution < -0.4 is 15.0 Å². The van der Waals surface area contributed by atoms with Gasteiger partial charge < -0.3 is 15.0 Å². The number of amides is 1. The maximum absolute atomic E-state index is 13.9. The van der Waals surface area contributed by atoms with Gasteiger partial charge in [-0.15, -0.1) is 0 Å². The van der Waals surface area contributed by atoms with E-state index in [0.29, 0.717) is 12.3 Å². The fourth-order valence-electron chi connectivity index (χ4n) is 3.90. The van der Waals surface area contributed by atoms with Crippen molar-refractivity contribution < 1.29 is 13.9 Å². The molecule has 0 unspecified atom stereocenters. The molecular formula is C27H30FN3O2. The minimum Gasteiger partial charge on any atom is -0.478 e. The molecule has 0 spiro atoms. The number of carbonyl (C=O) groups excluding carboxylic acids is 1. The highest BCUT2D eigenvalue weighted by molar-refractivity contribution is 5.97. The molecule has 1 aliphatic heterocycles. The number of anilines is 2. The van der Waals surface area contributed by atoms with Crippen LogP contribution in [0.5, 0.6) is 5.75 Å². The Balaban J connectivity index is 1.29. The number of ether oxygens (including phenoxy) is 1. The van der Waals surface area contributed by atoms with Crippen molar-refractivity contribution in [2.24, 2.45) is 0 Å². The molecule has 1 N–H and O–H groups in total. The SMILES string of the molecule is CC(C)(Oc1ccccc1)C(=O)Nc1ccc(N2CCN(Cc3ccccc3F)CC2)cc1. The van der Waals surface area contributed by atoms with Crippen LogP contribution in [0.15, 0.2) is 78.9 Å². The second kappa shape index (κ2) is 10.0. The van der Waals surface area contributed by atoms with Crippen molar-refractivity contribution in [1.82, 2.24) is 4.90 Å². The lowest BCUT2D eigenvalue weighted by Gasteiger charge is -2.36. The Kier molecular flexibility index (Phi) is 6.94. The molecule has 6 heteroatoms. The zero-order valence-corrected chi connectivity index (χ0v) is 19.1. The largest absolute Gasteiger partial charge is 0.478 e. The Labute approximate surface area is 194 Å². The van der Waals surface area contributed by atoms with Crippen LogP contribution in [-0.2, 0) is 11.3 Å². The molecule has 5 nitrogen and oxygen atoms in total. The number of rotatable bonds is 7. The van der Waals surface area contributed by atoms with Gasteiger partial charge in [0.2, 0.25) is 0 Å². The highest BCUT2D eigenvalue weighted by Crippen LogP contribution is 2.23. The van der Waals surface area contributed by atoms with Crippen LogP contribution in [0.1, 0.15) is 19.4 Å². The summed E-state index contributed by atoms with van der Waals surface area (Å²) in [7, 11) is 0. The Morgan fingerprint density at radius 1 is 0.909 bits per heavy atom. The number of benzene rings is 3. The number of carbonyl (C=O) groups is 1. The van der Waals surface area contributed by atoms with E-state index in [1.165, 1.54) is 6.07 Å². The standard InChI is InChI=1S/C27H30FN3O2/c1-27(2,33-24-9-4-3-5-10-24)26(32)29-22-12-14-23(15-13-22)31-18-16-30(17-19-31)20-21-8-6-7-11-25(21)28/h3-15H,16-20H2,1-2H3,(H,29,32). The van der Waals surface area contributed by atoms with E-state index in [1.807, 2.05) is 66.7 Å². The average Bonchev–Trinajstić information content (AvgIpc) is 2.82. The summed E-state index contributed by atoms with van der Waals surface area (Å²) in [5, 5.41) is 2.95. The predicted molar refractivity (Wildman–Crippen MR) is 130 cm³/mol. The molecule has 0 radical (unpaired) electrons. The molecule has 0 atom stereocenters. The van der Waals surface area contributed by atoms with E-state index < -0.39 is 5.60 Å². The molecule has 3 aromatic carbocycles. The number of nitrogens with one attached hydrogen (secondary N) is 1. The molecule has 1 saturated heterocycles. The van der Waals surface area contributed by atoms with Gasteiger partial charge in [-0.3, -0.25) is 9.69 Å². The van der Waals surface area contributed by atoms with Gasteiger partial charge in [-0.05, 0) is 56.3 Å². The monoisotopic (exact) mass is 447 g/mol. The van der Waals surface area contributed by atoms with Crippen molar-refractivity contribution in [2.75, 3.05) is 36.4 Å². The molecular weight excluding hydrogens is 417 g/mol. The molecule has 0 aliphatic carbocycles. The molecule has 4 rings (SSSR count). The molecule has 3 aromatic rings. The third-order valence-corrected chi connectivity index (χ3v) is 5.88. The van der Waals surface area contributed by atoms with E-state index in [-0.39, 0.29) is 11.7 Å². The van der Waals surface area contributed by atoms with Crippen LogP contribution in [-0.4, -0.2) is 42.6 Å². The van der Waals surface area contributed by atoms with Crippen LogP contribution in [0.2, 0.25) is 0 Å². The third kappa shape index (κ3) is 5.90. The summed E-state index contributed by atoms with van der Waals surface area (Å²) in [5.74, 6) is 0.304. The predicted octanol–water partition coefficient (Wildman–Crippen LogP) is 4.94. The first-order chi connectivity index (χ1) is 15.9. The van der Waals surface area contributed by atoms with Crippen LogP contribution >= 0.6 is 0 Å². The number of hydrogen-bond donors (Lipinski definition) is 1. The van der Waals surface area contributed by atoms with E-state index in [0.717, 1.165) is 43.1 Å². The van der Waals surface area contributed by atoms with Gasteiger partial charge in [0.05, 0.1) is 0 Å². The van der Waals surface area contributed by atoms with Crippen LogP contribution in [0.3, 0.4) is 0 Å². The molecule has 0 aromatic heterocycles. The van der Waals surface area contributed by atoms with Crippen molar-refractivity contribution in [3.8, 4) is 5.75 Å². The van der Waals surface area contributed by atoms with E-state index in [4.69, 9.17) is 4.74 Å². The lowest BCUT2D eigenvalue weighted by molar-refractivity contribution is -0.128. The highest BCUT2D eigenvalue weighted by atomic mass is 19.1. The van der Waals surface area contributed by atoms with E-state index in [9.17, 15) is 9.18 Å². The number of piperazine rings is 1. The fraction of sp³-hybridized carbons (Fsp3) is 0.296. The third-order valence-electron chi connectivity index (χ3n) is 5.88. The average molecular weight is 448 g/mol. The van der Waals surface area contributed by atoms with Crippen molar-refractivity contribution >= 4 is 17.3 Å². The van der Waals surface area contributed by atoms with E-state index in [1.54, 1.807) is 19.9 Å². The number of hydrogen-bond acceptors (Lipinski definition) is 4. The van der Waals surface area contributed by atoms with E-state index in [2.05, 4.69) is 15.1 Å². The minimum atomic E-state index is -1.01. The minimum absolute atomic E-state index is 0.144. The summed E-state index contributed by atoms with van der Waals surface area (Å²) in [4.78, 5) is 17.3. The van der Waals surface area contributed by atoms with Crippen molar-refractivity contribution in [3.63, 3.8) is 0 Å². The topological polar surface area (TPSA) is 44.8 Å². The summed E-state index contributed by atoms with van der Waals surface area (Å²) < 4.78 is 19.8. The van der Waals surface area contributed by atoms with Gasteiger partial charge in [-0.25, -0.2) is 4.39 Å². The zero-order valence-electron chi connectivity index (χ0n) is 19.1. The van der Waals surface area contributed by atoms with Crippen LogP contribution in [0.4, 0.5) is 15.8 Å². The highest BCUT2D eigenvalue weighted by Gasteiger charge is 2.30. The first kappa shape index (κ1) is 22.8. The first-order valence-corrected chi connectivity index (χ1v) is 11.3. The van der Waals surface area contributed by atoms with Crippen LogP contribution in [0, 0.1) is 5.82 Å². The van der Waals surface area contributed by atoms with Gasteiger partial charge in [-0.2, -0.15) is 0 Å². The van der Waals surface area contributed by atoms with Gasteiger partial charge in [0.25, 0.3) is 5.91 Å². The quantitative estimate of drug-likeness (QED) is 0.557. The molecule has 1 fully saturated rings. The van der Waals surface area contributed by atoms with Gasteiger partial charge in [0.1, 0.15) is 11.6 Å². The normalized spacial score (nSPS) is 14.7. The van der Waals surface area contributed by atoms with Gasteiger partial charge in [0, 0.05) is 49.7 Å². The Morgan fingerprint density at radius 3 is 2.21 bits per heavy atom. The summed E-state index contributed by atoms with van der Waals surface area (Å²) in [6, 6.07) is 24.2. The van der Waals surface area contributed by atoms with E-state index >= 15 is 0 Å². The molecule has 0 saturated carbocycles. The smallest absolute Gasteiger partial charge is 0.267 e. The van der Waals surface area contributed by atoms with Crippen LogP contribution in [0.25, 0.3) is 0 Å². The maximum atomic E-state index is 13.9. The molecule has 1 aliphatic rings. The Morgan fingerprint density at radius 2 is 1.55 bits per heavy atom. The second-order valence-electron chi connectivity index (χ2n) is 8.78. The number of nitrogens with zero attached hydrogens (tertiary/aromatic N) is 2. The molecule has 1 amide bonds. The Hall–Kier alpha value is -3.38.